The summed E-state index contributed by atoms with van der Waals surface area (Å²) in [5, 5.41) is 11.7. The fourth-order valence-electron chi connectivity index (χ4n) is 2.25. The minimum atomic E-state index is -0.263. The molecule has 0 spiro atoms. The van der Waals surface area contributed by atoms with Gasteiger partial charge >= 0.3 is 0 Å². The molecule has 24 heavy (non-hydrogen) atoms. The second-order valence-corrected chi connectivity index (χ2v) is 4.91. The Kier molecular flexibility index (Phi) is 5.63. The third-order valence-corrected chi connectivity index (χ3v) is 3.43. The van der Waals surface area contributed by atoms with E-state index in [2.05, 4.69) is 5.32 Å². The van der Waals surface area contributed by atoms with Gasteiger partial charge < -0.3 is 19.5 Å². The summed E-state index contributed by atoms with van der Waals surface area (Å²) in [6.07, 6.45) is 0. The molecule has 0 atom stereocenters. The summed E-state index contributed by atoms with van der Waals surface area (Å²) in [4.78, 5) is 12.2. The highest BCUT2D eigenvalue weighted by Gasteiger charge is 2.14. The molecule has 0 saturated carbocycles. The Labute approximate surface area is 140 Å². The van der Waals surface area contributed by atoms with E-state index in [1.165, 1.54) is 21.3 Å². The lowest BCUT2D eigenvalue weighted by Crippen LogP contribution is -2.22. The third-order valence-electron chi connectivity index (χ3n) is 3.43. The van der Waals surface area contributed by atoms with E-state index in [4.69, 9.17) is 19.5 Å². The molecule has 2 aromatic carbocycles. The van der Waals surface area contributed by atoms with Crippen molar-refractivity contribution in [1.82, 2.24) is 5.32 Å². The van der Waals surface area contributed by atoms with Gasteiger partial charge in [-0.15, -0.1) is 0 Å². The van der Waals surface area contributed by atoms with Crippen molar-refractivity contribution in [2.45, 2.75) is 6.54 Å². The minimum Gasteiger partial charge on any atom is -0.493 e. The zero-order valence-electron chi connectivity index (χ0n) is 13.8. The van der Waals surface area contributed by atoms with Gasteiger partial charge in [-0.05, 0) is 35.9 Å². The number of amides is 1. The number of nitriles is 1. The zero-order valence-corrected chi connectivity index (χ0v) is 13.8. The van der Waals surface area contributed by atoms with Gasteiger partial charge in [0.05, 0.1) is 33.0 Å². The number of carbonyl (C=O) groups is 1. The maximum absolute atomic E-state index is 12.2. The molecule has 2 aromatic rings. The van der Waals surface area contributed by atoms with Crippen molar-refractivity contribution in [1.29, 1.82) is 5.26 Å². The van der Waals surface area contributed by atoms with Gasteiger partial charge in [-0.25, -0.2) is 0 Å². The first-order chi connectivity index (χ1) is 11.6. The highest BCUT2D eigenvalue weighted by atomic mass is 16.5. The molecule has 0 aliphatic rings. The fourth-order valence-corrected chi connectivity index (χ4v) is 2.25. The van der Waals surface area contributed by atoms with Crippen LogP contribution in [-0.2, 0) is 6.54 Å². The molecular formula is C18H18N2O4. The molecule has 1 N–H and O–H groups in total. The number of rotatable bonds is 6. The van der Waals surface area contributed by atoms with Crippen LogP contribution in [0.4, 0.5) is 0 Å². The Balaban J connectivity index is 2.16. The summed E-state index contributed by atoms with van der Waals surface area (Å²) < 4.78 is 15.8. The van der Waals surface area contributed by atoms with Gasteiger partial charge in [0.15, 0.2) is 11.5 Å². The summed E-state index contributed by atoms with van der Waals surface area (Å²) in [6.45, 7) is 0.284. The Morgan fingerprint density at radius 3 is 2.29 bits per heavy atom. The van der Waals surface area contributed by atoms with Crippen molar-refractivity contribution in [2.24, 2.45) is 0 Å². The number of hydrogen-bond acceptors (Lipinski definition) is 5. The molecule has 0 bridgehead atoms. The van der Waals surface area contributed by atoms with Gasteiger partial charge in [0.25, 0.3) is 5.91 Å². The average Bonchev–Trinajstić information content (AvgIpc) is 2.64. The van der Waals surface area contributed by atoms with E-state index >= 15 is 0 Å². The average molecular weight is 326 g/mol. The van der Waals surface area contributed by atoms with Crippen LogP contribution in [0, 0.1) is 11.3 Å². The van der Waals surface area contributed by atoms with Gasteiger partial charge in [-0.2, -0.15) is 5.26 Å². The molecular weight excluding hydrogens is 308 g/mol. The topological polar surface area (TPSA) is 80.6 Å². The van der Waals surface area contributed by atoms with Crippen LogP contribution in [0.5, 0.6) is 17.2 Å². The Bertz CT molecular complexity index is 756. The lowest BCUT2D eigenvalue weighted by Gasteiger charge is -2.14. The van der Waals surface area contributed by atoms with Crippen LogP contribution in [0.3, 0.4) is 0 Å². The second kappa shape index (κ2) is 7.88. The van der Waals surface area contributed by atoms with E-state index in [-0.39, 0.29) is 12.5 Å². The SMILES string of the molecule is COc1cc(CNC(=O)c2cccc(C#N)c2)cc(OC)c1OC. The van der Waals surface area contributed by atoms with Gasteiger partial charge in [0.2, 0.25) is 5.75 Å². The second-order valence-electron chi connectivity index (χ2n) is 4.91. The van der Waals surface area contributed by atoms with E-state index in [0.29, 0.717) is 28.4 Å². The van der Waals surface area contributed by atoms with Crippen molar-refractivity contribution >= 4 is 5.91 Å². The molecule has 0 heterocycles. The largest absolute Gasteiger partial charge is 0.493 e. The summed E-state index contributed by atoms with van der Waals surface area (Å²) in [5.41, 5.74) is 1.67. The van der Waals surface area contributed by atoms with Crippen LogP contribution in [0.25, 0.3) is 0 Å². The molecule has 0 aliphatic heterocycles. The van der Waals surface area contributed by atoms with Crippen LogP contribution in [-0.4, -0.2) is 27.2 Å². The van der Waals surface area contributed by atoms with Gasteiger partial charge in [0.1, 0.15) is 0 Å². The monoisotopic (exact) mass is 326 g/mol. The summed E-state index contributed by atoms with van der Waals surface area (Å²) >= 11 is 0. The lowest BCUT2D eigenvalue weighted by molar-refractivity contribution is 0.0951. The molecule has 0 aliphatic carbocycles. The summed E-state index contributed by atoms with van der Waals surface area (Å²) in [7, 11) is 4.60. The Hall–Kier alpha value is -3.20. The molecule has 0 unspecified atom stereocenters. The predicted octanol–water partition coefficient (Wildman–Crippen LogP) is 2.51. The molecule has 6 heteroatoms. The molecule has 124 valence electrons. The normalized spacial score (nSPS) is 9.75. The maximum Gasteiger partial charge on any atom is 0.251 e. The molecule has 1 amide bonds. The van der Waals surface area contributed by atoms with Crippen LogP contribution in [0.2, 0.25) is 0 Å². The van der Waals surface area contributed by atoms with E-state index < -0.39 is 0 Å². The van der Waals surface area contributed by atoms with Crippen LogP contribution < -0.4 is 19.5 Å². The number of methoxy groups -OCH3 is 3. The standard InChI is InChI=1S/C18H18N2O4/c1-22-15-8-13(9-16(23-2)17(15)24-3)11-20-18(21)14-6-4-5-12(7-14)10-19/h4-9H,11H2,1-3H3,(H,20,21). The van der Waals surface area contributed by atoms with Gasteiger partial charge in [-0.1, -0.05) is 6.07 Å². The van der Waals surface area contributed by atoms with Crippen LogP contribution >= 0.6 is 0 Å². The molecule has 0 aromatic heterocycles. The first kappa shape index (κ1) is 17.2. The van der Waals surface area contributed by atoms with Crippen molar-refractivity contribution in [3.8, 4) is 23.3 Å². The van der Waals surface area contributed by atoms with E-state index in [1.807, 2.05) is 6.07 Å². The number of benzene rings is 2. The lowest BCUT2D eigenvalue weighted by atomic mass is 10.1. The first-order valence-electron chi connectivity index (χ1n) is 7.20. The van der Waals surface area contributed by atoms with Crippen molar-refractivity contribution in [3.63, 3.8) is 0 Å². The molecule has 0 saturated heterocycles. The molecule has 0 radical (unpaired) electrons. The number of carbonyl (C=O) groups excluding carboxylic acids is 1. The van der Waals surface area contributed by atoms with Gasteiger partial charge in [0, 0.05) is 12.1 Å². The highest BCUT2D eigenvalue weighted by molar-refractivity contribution is 5.94. The van der Waals surface area contributed by atoms with E-state index in [1.54, 1.807) is 36.4 Å². The zero-order chi connectivity index (χ0) is 17.5. The minimum absolute atomic E-state index is 0.263. The fraction of sp³-hybridized carbons (Fsp3) is 0.222. The Morgan fingerprint density at radius 2 is 1.75 bits per heavy atom. The molecule has 6 nitrogen and oxygen atoms in total. The van der Waals surface area contributed by atoms with Gasteiger partial charge in [-0.3, -0.25) is 4.79 Å². The maximum atomic E-state index is 12.2. The van der Waals surface area contributed by atoms with E-state index in [9.17, 15) is 4.79 Å². The number of hydrogen-bond donors (Lipinski definition) is 1. The smallest absolute Gasteiger partial charge is 0.251 e. The van der Waals surface area contributed by atoms with Crippen molar-refractivity contribution in [2.75, 3.05) is 21.3 Å². The number of nitrogens with one attached hydrogen (secondary N) is 1. The van der Waals surface area contributed by atoms with Crippen LogP contribution in [0.15, 0.2) is 36.4 Å². The first-order valence-corrected chi connectivity index (χ1v) is 7.20. The number of nitrogens with zero attached hydrogens (tertiary/aromatic N) is 1. The van der Waals surface area contributed by atoms with Crippen molar-refractivity contribution in [3.05, 3.63) is 53.1 Å². The summed E-state index contributed by atoms with van der Waals surface area (Å²) in [6, 6.07) is 12.1. The third kappa shape index (κ3) is 3.76. The Morgan fingerprint density at radius 1 is 1.08 bits per heavy atom. The predicted molar refractivity (Wildman–Crippen MR) is 88.4 cm³/mol. The highest BCUT2D eigenvalue weighted by Crippen LogP contribution is 2.38. The van der Waals surface area contributed by atoms with Crippen molar-refractivity contribution < 1.29 is 19.0 Å². The molecule has 0 fully saturated rings. The van der Waals surface area contributed by atoms with Crippen LogP contribution in [0.1, 0.15) is 21.5 Å². The molecule has 2 rings (SSSR count). The summed E-state index contributed by atoms with van der Waals surface area (Å²) in [5.74, 6) is 1.28. The van der Waals surface area contributed by atoms with E-state index in [0.717, 1.165) is 5.56 Å². The quantitative estimate of drug-likeness (QED) is 0.882. The number of ether oxygens (including phenoxy) is 3.